The topological polar surface area (TPSA) is 71.0 Å². The van der Waals surface area contributed by atoms with Gasteiger partial charge in [0.2, 0.25) is 5.91 Å². The Balaban J connectivity index is 1.42. The molecule has 4 rings (SSSR count). The van der Waals surface area contributed by atoms with Gasteiger partial charge in [0.1, 0.15) is 10.3 Å². The highest BCUT2D eigenvalue weighted by molar-refractivity contribution is 7.21. The zero-order valence-corrected chi connectivity index (χ0v) is 16.9. The van der Waals surface area contributed by atoms with E-state index in [1.807, 2.05) is 24.3 Å². The summed E-state index contributed by atoms with van der Waals surface area (Å²) in [6.45, 7) is 4.65. The van der Waals surface area contributed by atoms with Crippen LogP contribution in [-0.4, -0.2) is 40.5 Å². The molecule has 7 heteroatoms. The average Bonchev–Trinajstić information content (AvgIpc) is 3.18. The lowest BCUT2D eigenvalue weighted by Gasteiger charge is -2.30. The third-order valence-electron chi connectivity index (χ3n) is 5.19. The number of pyridine rings is 2. The molecule has 1 saturated heterocycles. The van der Waals surface area contributed by atoms with Gasteiger partial charge in [0.15, 0.2) is 5.13 Å². The molecule has 0 unspecified atom stereocenters. The first-order valence-corrected chi connectivity index (χ1v) is 10.8. The molecule has 0 bridgehead atoms. The summed E-state index contributed by atoms with van der Waals surface area (Å²) < 4.78 is 0. The quantitative estimate of drug-likeness (QED) is 0.641. The predicted molar refractivity (Wildman–Crippen MR) is 114 cm³/mol. The molecule has 6 nitrogen and oxygen atoms in total. The molecule has 0 aliphatic carbocycles. The second kappa shape index (κ2) is 8.65. The molecule has 1 aliphatic rings. The minimum absolute atomic E-state index is 0.124. The van der Waals surface area contributed by atoms with E-state index in [9.17, 15) is 4.79 Å². The maximum absolute atomic E-state index is 12.3. The molecule has 0 atom stereocenters. The van der Waals surface area contributed by atoms with Crippen LogP contribution >= 0.6 is 11.3 Å². The Hall–Kier alpha value is -2.54. The summed E-state index contributed by atoms with van der Waals surface area (Å²) in [5.74, 6) is 0.333. The van der Waals surface area contributed by atoms with Crippen LogP contribution < -0.4 is 10.2 Å². The molecule has 4 heterocycles. The van der Waals surface area contributed by atoms with Crippen molar-refractivity contribution in [3.05, 3.63) is 36.7 Å². The van der Waals surface area contributed by atoms with Crippen LogP contribution in [0, 0.1) is 5.92 Å². The molecule has 146 valence electrons. The van der Waals surface area contributed by atoms with Crippen molar-refractivity contribution in [3.8, 4) is 11.3 Å². The van der Waals surface area contributed by atoms with E-state index in [-0.39, 0.29) is 11.8 Å². The van der Waals surface area contributed by atoms with Crippen LogP contribution in [0.15, 0.2) is 36.7 Å². The number of anilines is 1. The van der Waals surface area contributed by atoms with Crippen molar-refractivity contribution in [2.75, 3.05) is 24.5 Å². The van der Waals surface area contributed by atoms with Crippen LogP contribution in [0.1, 0.15) is 32.6 Å². The first-order chi connectivity index (χ1) is 13.7. The van der Waals surface area contributed by atoms with Crippen LogP contribution in [0.3, 0.4) is 0 Å². The summed E-state index contributed by atoms with van der Waals surface area (Å²) in [6.07, 6.45) is 7.47. The Bertz CT molecular complexity index is 934. The van der Waals surface area contributed by atoms with Crippen molar-refractivity contribution >= 4 is 32.7 Å². The van der Waals surface area contributed by atoms with Crippen molar-refractivity contribution in [1.82, 2.24) is 20.3 Å². The highest BCUT2D eigenvalue weighted by Gasteiger charge is 2.26. The molecule has 1 aliphatic heterocycles. The largest absolute Gasteiger partial charge is 0.356 e. The number of aromatic nitrogens is 3. The summed E-state index contributed by atoms with van der Waals surface area (Å²) in [7, 11) is 0. The van der Waals surface area contributed by atoms with Crippen LogP contribution in [0.5, 0.6) is 0 Å². The maximum atomic E-state index is 12.3. The van der Waals surface area contributed by atoms with Gasteiger partial charge in [-0.2, -0.15) is 0 Å². The minimum Gasteiger partial charge on any atom is -0.356 e. The fraction of sp³-hybridized carbons (Fsp3) is 0.429. The lowest BCUT2D eigenvalue weighted by Crippen LogP contribution is -2.40. The standard InChI is InChI=1S/C21H25N5OS/c1-2-3-10-23-19(27)16-8-13-26(14-9-16)21-25-18-5-4-17(24-20(18)28-21)15-6-11-22-12-7-15/h4-7,11-12,16H,2-3,8-10,13-14H2,1H3,(H,23,27). The van der Waals surface area contributed by atoms with E-state index in [0.29, 0.717) is 0 Å². The van der Waals surface area contributed by atoms with Crippen LogP contribution in [0.4, 0.5) is 5.13 Å². The van der Waals surface area contributed by atoms with Gasteiger partial charge in [-0.25, -0.2) is 9.97 Å². The van der Waals surface area contributed by atoms with Gasteiger partial charge < -0.3 is 10.2 Å². The zero-order valence-electron chi connectivity index (χ0n) is 16.1. The molecule has 1 N–H and O–H groups in total. The molecule has 0 spiro atoms. The Morgan fingerprint density at radius 1 is 1.18 bits per heavy atom. The number of nitrogens with one attached hydrogen (secondary N) is 1. The summed E-state index contributed by atoms with van der Waals surface area (Å²) in [6, 6.07) is 7.97. The molecule has 1 amide bonds. The lowest BCUT2D eigenvalue weighted by atomic mass is 9.96. The molecule has 1 fully saturated rings. The van der Waals surface area contributed by atoms with Crippen molar-refractivity contribution < 1.29 is 4.79 Å². The minimum atomic E-state index is 0.124. The second-order valence-electron chi connectivity index (χ2n) is 7.16. The van der Waals surface area contributed by atoms with Gasteiger partial charge in [-0.15, -0.1) is 0 Å². The molecular weight excluding hydrogens is 370 g/mol. The predicted octanol–water partition coefficient (Wildman–Crippen LogP) is 3.89. The highest BCUT2D eigenvalue weighted by atomic mass is 32.1. The Morgan fingerprint density at radius 2 is 1.96 bits per heavy atom. The van der Waals surface area contributed by atoms with Crippen LogP contribution in [0.25, 0.3) is 21.6 Å². The number of hydrogen-bond donors (Lipinski definition) is 1. The number of piperidine rings is 1. The number of carbonyl (C=O) groups excluding carboxylic acids is 1. The van der Waals surface area contributed by atoms with E-state index in [1.165, 1.54) is 0 Å². The third kappa shape index (κ3) is 4.14. The summed E-state index contributed by atoms with van der Waals surface area (Å²) >= 11 is 1.63. The van der Waals surface area contributed by atoms with Crippen molar-refractivity contribution in [1.29, 1.82) is 0 Å². The third-order valence-corrected chi connectivity index (χ3v) is 6.21. The van der Waals surface area contributed by atoms with Gasteiger partial charge in [0, 0.05) is 43.5 Å². The van der Waals surface area contributed by atoms with Gasteiger partial charge in [0.05, 0.1) is 5.69 Å². The molecule has 0 aromatic carbocycles. The first kappa shape index (κ1) is 18.8. The van der Waals surface area contributed by atoms with Crippen molar-refractivity contribution in [2.24, 2.45) is 5.92 Å². The van der Waals surface area contributed by atoms with Crippen molar-refractivity contribution in [2.45, 2.75) is 32.6 Å². The fourth-order valence-corrected chi connectivity index (χ4v) is 4.48. The number of fused-ring (bicyclic) bond motifs is 1. The van der Waals surface area contributed by atoms with E-state index < -0.39 is 0 Å². The SMILES string of the molecule is CCCCNC(=O)C1CCN(c2nc3ccc(-c4ccncc4)nc3s2)CC1. The highest BCUT2D eigenvalue weighted by Crippen LogP contribution is 2.32. The number of carbonyl (C=O) groups is 1. The van der Waals surface area contributed by atoms with Gasteiger partial charge in [-0.3, -0.25) is 9.78 Å². The van der Waals surface area contributed by atoms with Gasteiger partial charge in [-0.05, 0) is 43.5 Å². The number of rotatable bonds is 6. The molecule has 3 aromatic rings. The number of nitrogens with zero attached hydrogens (tertiary/aromatic N) is 4. The van der Waals surface area contributed by atoms with Crippen LogP contribution in [0.2, 0.25) is 0 Å². The normalized spacial score (nSPS) is 15.1. The number of amides is 1. The molecule has 28 heavy (non-hydrogen) atoms. The van der Waals surface area contributed by atoms with E-state index >= 15 is 0 Å². The monoisotopic (exact) mass is 395 g/mol. The van der Waals surface area contributed by atoms with Crippen LogP contribution in [-0.2, 0) is 4.79 Å². The second-order valence-corrected chi connectivity index (χ2v) is 8.11. The maximum Gasteiger partial charge on any atom is 0.223 e. The lowest BCUT2D eigenvalue weighted by molar-refractivity contribution is -0.125. The van der Waals surface area contributed by atoms with E-state index in [4.69, 9.17) is 9.97 Å². The molecule has 0 saturated carbocycles. The van der Waals surface area contributed by atoms with Gasteiger partial charge >= 0.3 is 0 Å². The fourth-order valence-electron chi connectivity index (χ4n) is 3.49. The van der Waals surface area contributed by atoms with E-state index in [2.05, 4.69) is 22.1 Å². The zero-order chi connectivity index (χ0) is 19.3. The first-order valence-electron chi connectivity index (χ1n) is 9.95. The number of hydrogen-bond acceptors (Lipinski definition) is 6. The Labute approximate surface area is 169 Å². The summed E-state index contributed by atoms with van der Waals surface area (Å²) in [5, 5.41) is 4.07. The Kier molecular flexibility index (Phi) is 5.81. The van der Waals surface area contributed by atoms with E-state index in [0.717, 1.165) is 72.1 Å². The summed E-state index contributed by atoms with van der Waals surface area (Å²) in [5.41, 5.74) is 2.92. The number of thiazole rings is 1. The van der Waals surface area contributed by atoms with E-state index in [1.54, 1.807) is 23.7 Å². The molecule has 3 aromatic heterocycles. The number of unbranched alkanes of at least 4 members (excludes halogenated alkanes) is 1. The Morgan fingerprint density at radius 3 is 2.71 bits per heavy atom. The average molecular weight is 396 g/mol. The summed E-state index contributed by atoms with van der Waals surface area (Å²) in [4.78, 5) is 29.1. The van der Waals surface area contributed by atoms with Crippen molar-refractivity contribution in [3.63, 3.8) is 0 Å². The van der Waals surface area contributed by atoms with Gasteiger partial charge in [-0.1, -0.05) is 24.7 Å². The molecule has 0 radical (unpaired) electrons. The smallest absolute Gasteiger partial charge is 0.223 e. The molecular formula is C21H25N5OS. The van der Waals surface area contributed by atoms with Gasteiger partial charge in [0.25, 0.3) is 0 Å².